The molecule has 0 aromatic carbocycles. The lowest BCUT2D eigenvalue weighted by Gasteiger charge is -2.29. The molecule has 0 aliphatic carbocycles. The van der Waals surface area contributed by atoms with Crippen molar-refractivity contribution in [1.29, 1.82) is 0 Å². The van der Waals surface area contributed by atoms with Gasteiger partial charge < -0.3 is 14.6 Å². The van der Waals surface area contributed by atoms with Crippen molar-refractivity contribution in [3.05, 3.63) is 27.7 Å². The molecule has 1 fully saturated rings. The summed E-state index contributed by atoms with van der Waals surface area (Å²) in [6.07, 6.45) is 2.59. The summed E-state index contributed by atoms with van der Waals surface area (Å²) in [5.74, 6) is 0. The Balaban J connectivity index is 1.45. The number of ether oxygens (including phenoxy) is 2. The average molecular weight is 323 g/mol. The predicted molar refractivity (Wildman–Crippen MR) is 84.3 cm³/mol. The summed E-state index contributed by atoms with van der Waals surface area (Å²) in [6, 6.07) is 1.65. The van der Waals surface area contributed by atoms with Crippen molar-refractivity contribution in [3.8, 4) is 0 Å². The van der Waals surface area contributed by atoms with E-state index < -0.39 is 6.10 Å². The van der Waals surface area contributed by atoms with Gasteiger partial charge in [-0.15, -0.1) is 0 Å². The van der Waals surface area contributed by atoms with E-state index in [-0.39, 0.29) is 11.7 Å². The molecule has 2 aliphatic rings. The van der Waals surface area contributed by atoms with Crippen molar-refractivity contribution < 1.29 is 14.6 Å². The molecule has 1 N–H and O–H groups in total. The minimum absolute atomic E-state index is 0.0916. The summed E-state index contributed by atoms with van der Waals surface area (Å²) in [4.78, 5) is 13.8. The van der Waals surface area contributed by atoms with Crippen molar-refractivity contribution >= 4 is 0 Å². The van der Waals surface area contributed by atoms with Crippen LogP contribution in [0.25, 0.3) is 0 Å². The van der Waals surface area contributed by atoms with E-state index in [0.717, 1.165) is 43.7 Å². The third-order valence-electron chi connectivity index (χ3n) is 4.42. The van der Waals surface area contributed by atoms with Crippen molar-refractivity contribution in [2.45, 2.75) is 38.0 Å². The van der Waals surface area contributed by atoms with Gasteiger partial charge in [-0.2, -0.15) is 5.10 Å². The zero-order chi connectivity index (χ0) is 16.2. The van der Waals surface area contributed by atoms with Gasteiger partial charge >= 0.3 is 0 Å². The molecule has 2 unspecified atom stereocenters. The first kappa shape index (κ1) is 16.6. The molecule has 0 radical (unpaired) electrons. The van der Waals surface area contributed by atoms with E-state index in [1.165, 1.54) is 4.68 Å². The number of rotatable bonds is 6. The molecule has 1 aromatic heterocycles. The number of aliphatic hydroxyl groups excluding tert-OH is 1. The third kappa shape index (κ3) is 4.38. The fraction of sp³-hybridized carbons (Fsp3) is 0.750. The molecule has 0 saturated carbocycles. The monoisotopic (exact) mass is 323 g/mol. The Kier molecular flexibility index (Phi) is 5.42. The zero-order valence-corrected chi connectivity index (χ0v) is 13.6. The number of aliphatic hydroxyl groups is 1. The van der Waals surface area contributed by atoms with Crippen molar-refractivity contribution in [2.24, 2.45) is 7.05 Å². The van der Waals surface area contributed by atoms with E-state index in [9.17, 15) is 9.90 Å². The second kappa shape index (κ2) is 7.53. The largest absolute Gasteiger partial charge is 0.389 e. The number of β-amino-alcohol motifs (C(OH)–C–C–N with tert-alkyl or cyclic N) is 1. The maximum absolute atomic E-state index is 11.7. The Bertz CT molecular complexity index is 583. The Morgan fingerprint density at radius 2 is 2.43 bits per heavy atom. The van der Waals surface area contributed by atoms with Crippen LogP contribution in [0.5, 0.6) is 0 Å². The molecule has 3 rings (SSSR count). The maximum Gasteiger partial charge on any atom is 0.266 e. The SMILES string of the molecule is Cn1nc2c(cc1=O)CN(CC(O)COCC1CCCO1)CC2. The first-order valence-corrected chi connectivity index (χ1v) is 8.27. The average Bonchev–Trinajstić information content (AvgIpc) is 3.02. The number of fused-ring (bicyclic) bond motifs is 1. The van der Waals surface area contributed by atoms with Crippen LogP contribution in [0, 0.1) is 0 Å². The first-order valence-electron chi connectivity index (χ1n) is 8.27. The standard InChI is InChI=1S/C16H25N3O4/c1-18-16(21)7-12-8-19(5-4-15(12)17-18)9-13(20)10-22-11-14-3-2-6-23-14/h7,13-14,20H,2-6,8-11H2,1H3. The van der Waals surface area contributed by atoms with Crippen LogP contribution in [0.2, 0.25) is 0 Å². The minimum Gasteiger partial charge on any atom is -0.389 e. The highest BCUT2D eigenvalue weighted by atomic mass is 16.5. The topological polar surface area (TPSA) is 76.8 Å². The molecule has 0 spiro atoms. The van der Waals surface area contributed by atoms with Crippen LogP contribution >= 0.6 is 0 Å². The highest BCUT2D eigenvalue weighted by molar-refractivity contribution is 5.20. The molecule has 2 aliphatic heterocycles. The number of aromatic nitrogens is 2. The molecule has 128 valence electrons. The quantitative estimate of drug-likeness (QED) is 0.774. The minimum atomic E-state index is -0.530. The van der Waals surface area contributed by atoms with Gasteiger partial charge in [0.05, 0.1) is 31.1 Å². The summed E-state index contributed by atoms with van der Waals surface area (Å²) < 4.78 is 12.4. The number of hydrogen-bond acceptors (Lipinski definition) is 6. The lowest BCUT2D eigenvalue weighted by Crippen LogP contribution is -2.40. The zero-order valence-electron chi connectivity index (χ0n) is 13.6. The van der Waals surface area contributed by atoms with E-state index in [4.69, 9.17) is 9.47 Å². The molecular formula is C16H25N3O4. The second-order valence-corrected chi connectivity index (χ2v) is 6.39. The maximum atomic E-state index is 11.7. The Hall–Kier alpha value is -1.28. The van der Waals surface area contributed by atoms with Crippen LogP contribution in [0.1, 0.15) is 24.1 Å². The third-order valence-corrected chi connectivity index (χ3v) is 4.42. The first-order chi connectivity index (χ1) is 11.1. The molecule has 7 nitrogen and oxygen atoms in total. The van der Waals surface area contributed by atoms with Gasteiger partial charge in [-0.1, -0.05) is 0 Å². The number of aryl methyl sites for hydroxylation is 1. The smallest absolute Gasteiger partial charge is 0.266 e. The second-order valence-electron chi connectivity index (χ2n) is 6.39. The molecular weight excluding hydrogens is 298 g/mol. The van der Waals surface area contributed by atoms with Gasteiger partial charge in [-0.05, 0) is 18.4 Å². The summed E-state index contributed by atoms with van der Waals surface area (Å²) in [6.45, 7) is 3.72. The summed E-state index contributed by atoms with van der Waals surface area (Å²) in [5, 5.41) is 14.4. The molecule has 0 bridgehead atoms. The number of nitrogens with zero attached hydrogens (tertiary/aromatic N) is 3. The van der Waals surface area contributed by atoms with Crippen molar-refractivity contribution in [3.63, 3.8) is 0 Å². The van der Waals surface area contributed by atoms with E-state index in [0.29, 0.717) is 26.3 Å². The van der Waals surface area contributed by atoms with Gasteiger partial charge in [0, 0.05) is 45.8 Å². The molecule has 0 amide bonds. The van der Waals surface area contributed by atoms with Gasteiger partial charge in [0.25, 0.3) is 5.56 Å². The van der Waals surface area contributed by atoms with Crippen LogP contribution in [0.3, 0.4) is 0 Å². The van der Waals surface area contributed by atoms with Crippen LogP contribution < -0.4 is 5.56 Å². The summed E-state index contributed by atoms with van der Waals surface area (Å²) in [5.41, 5.74) is 1.85. The fourth-order valence-corrected chi connectivity index (χ4v) is 3.17. The fourth-order valence-electron chi connectivity index (χ4n) is 3.17. The predicted octanol–water partition coefficient (Wildman–Crippen LogP) is -0.305. The number of hydrogen-bond donors (Lipinski definition) is 1. The Morgan fingerprint density at radius 3 is 3.22 bits per heavy atom. The lowest BCUT2D eigenvalue weighted by atomic mass is 10.1. The van der Waals surface area contributed by atoms with Gasteiger partial charge in [0.2, 0.25) is 0 Å². The molecule has 2 atom stereocenters. The van der Waals surface area contributed by atoms with E-state index in [1.54, 1.807) is 13.1 Å². The summed E-state index contributed by atoms with van der Waals surface area (Å²) in [7, 11) is 1.67. The van der Waals surface area contributed by atoms with Crippen LogP contribution in [0.15, 0.2) is 10.9 Å². The van der Waals surface area contributed by atoms with Crippen molar-refractivity contribution in [2.75, 3.05) is 32.9 Å². The van der Waals surface area contributed by atoms with Crippen LogP contribution in [-0.2, 0) is 29.5 Å². The lowest BCUT2D eigenvalue weighted by molar-refractivity contribution is -0.0262. The van der Waals surface area contributed by atoms with E-state index in [1.807, 2.05) is 0 Å². The van der Waals surface area contributed by atoms with Gasteiger partial charge in [0.1, 0.15) is 0 Å². The molecule has 1 saturated heterocycles. The van der Waals surface area contributed by atoms with Crippen LogP contribution in [-0.4, -0.2) is 64.9 Å². The van der Waals surface area contributed by atoms with Gasteiger partial charge in [-0.3, -0.25) is 9.69 Å². The Labute approximate surface area is 135 Å². The summed E-state index contributed by atoms with van der Waals surface area (Å²) >= 11 is 0. The molecule has 23 heavy (non-hydrogen) atoms. The normalized spacial score (nSPS) is 23.0. The van der Waals surface area contributed by atoms with Gasteiger partial charge in [0.15, 0.2) is 0 Å². The molecule has 3 heterocycles. The van der Waals surface area contributed by atoms with Gasteiger partial charge in [-0.25, -0.2) is 4.68 Å². The highest BCUT2D eigenvalue weighted by Gasteiger charge is 2.21. The highest BCUT2D eigenvalue weighted by Crippen LogP contribution is 2.15. The molecule has 7 heteroatoms. The van der Waals surface area contributed by atoms with E-state index in [2.05, 4.69) is 10.00 Å². The van der Waals surface area contributed by atoms with E-state index >= 15 is 0 Å². The van der Waals surface area contributed by atoms with Crippen LogP contribution in [0.4, 0.5) is 0 Å². The molecule has 1 aromatic rings. The Morgan fingerprint density at radius 1 is 1.57 bits per heavy atom. The van der Waals surface area contributed by atoms with Crippen molar-refractivity contribution in [1.82, 2.24) is 14.7 Å².